The zero-order chi connectivity index (χ0) is 11.4. The first-order chi connectivity index (χ1) is 7.78. The summed E-state index contributed by atoms with van der Waals surface area (Å²) >= 11 is 5.72. The average molecular weight is 241 g/mol. The van der Waals surface area contributed by atoms with Gasteiger partial charge in [-0.05, 0) is 25.4 Å². The van der Waals surface area contributed by atoms with Gasteiger partial charge < -0.3 is 10.2 Å². The summed E-state index contributed by atoms with van der Waals surface area (Å²) in [6.45, 7) is 6.69. The third-order valence-corrected chi connectivity index (χ3v) is 3.18. The summed E-state index contributed by atoms with van der Waals surface area (Å²) in [5.41, 5.74) is 0. The van der Waals surface area contributed by atoms with E-state index in [9.17, 15) is 0 Å². The summed E-state index contributed by atoms with van der Waals surface area (Å²) in [6.07, 6.45) is 4.49. The molecule has 1 aromatic rings. The second-order valence-corrected chi connectivity index (χ2v) is 4.59. The van der Waals surface area contributed by atoms with Crippen LogP contribution >= 0.6 is 11.6 Å². The number of nitrogens with one attached hydrogen (secondary N) is 1. The van der Waals surface area contributed by atoms with Gasteiger partial charge in [0.25, 0.3) is 0 Å². The molecule has 4 nitrogen and oxygen atoms in total. The molecule has 1 N–H and O–H groups in total. The first-order valence-corrected chi connectivity index (χ1v) is 6.09. The maximum atomic E-state index is 5.72. The molecule has 2 heterocycles. The highest BCUT2D eigenvalue weighted by Crippen LogP contribution is 2.16. The minimum atomic E-state index is 0.573. The molecule has 2 rings (SSSR count). The zero-order valence-electron chi connectivity index (χ0n) is 9.49. The fraction of sp³-hybridized carbons (Fsp3) is 0.636. The van der Waals surface area contributed by atoms with Crippen LogP contribution in [0.4, 0.5) is 5.95 Å². The van der Waals surface area contributed by atoms with Gasteiger partial charge in [-0.3, -0.25) is 0 Å². The van der Waals surface area contributed by atoms with Crippen LogP contribution in [0.3, 0.4) is 0 Å². The van der Waals surface area contributed by atoms with Crippen LogP contribution in [0.15, 0.2) is 12.4 Å². The Bertz CT molecular complexity index is 327. The Morgan fingerprint density at radius 2 is 2.25 bits per heavy atom. The Labute approximate surface area is 101 Å². The van der Waals surface area contributed by atoms with Crippen LogP contribution < -0.4 is 5.32 Å². The Hall–Kier alpha value is -0.870. The van der Waals surface area contributed by atoms with E-state index in [1.54, 1.807) is 12.4 Å². The smallest absolute Gasteiger partial charge is 0.222 e. The molecule has 1 aromatic heterocycles. The van der Waals surface area contributed by atoms with Gasteiger partial charge in [-0.25, -0.2) is 9.97 Å². The molecular weight excluding hydrogens is 224 g/mol. The van der Waals surface area contributed by atoms with Crippen molar-refractivity contribution < 1.29 is 0 Å². The van der Waals surface area contributed by atoms with Crippen molar-refractivity contribution in [1.29, 1.82) is 0 Å². The maximum Gasteiger partial charge on any atom is 0.222 e. The largest absolute Gasteiger partial charge is 0.354 e. The van der Waals surface area contributed by atoms with Gasteiger partial charge in [0.05, 0.1) is 17.4 Å². The minimum Gasteiger partial charge on any atom is -0.354 e. The number of anilines is 1. The molecule has 5 heteroatoms. The van der Waals surface area contributed by atoms with Crippen LogP contribution in [0.5, 0.6) is 0 Å². The van der Waals surface area contributed by atoms with Gasteiger partial charge in [0.15, 0.2) is 0 Å². The Balaban J connectivity index is 1.77. The lowest BCUT2D eigenvalue weighted by molar-refractivity contribution is 0.345. The van der Waals surface area contributed by atoms with E-state index in [0.29, 0.717) is 16.9 Å². The first-order valence-electron chi connectivity index (χ1n) is 5.71. The van der Waals surface area contributed by atoms with E-state index in [-0.39, 0.29) is 0 Å². The molecule has 0 bridgehead atoms. The van der Waals surface area contributed by atoms with Gasteiger partial charge >= 0.3 is 0 Å². The number of aromatic nitrogens is 2. The number of rotatable bonds is 4. The van der Waals surface area contributed by atoms with Crippen molar-refractivity contribution in [1.82, 2.24) is 14.9 Å². The van der Waals surface area contributed by atoms with Crippen molar-refractivity contribution in [2.75, 3.05) is 31.5 Å². The van der Waals surface area contributed by atoms with E-state index in [2.05, 4.69) is 27.1 Å². The SMILES string of the molecule is CCN1CCC(CNc2ncc(Cl)cn2)C1. The highest BCUT2D eigenvalue weighted by molar-refractivity contribution is 6.30. The molecule has 88 valence electrons. The Morgan fingerprint density at radius 3 is 2.88 bits per heavy atom. The molecule has 1 atom stereocenters. The number of halogens is 1. The molecule has 0 aromatic carbocycles. The fourth-order valence-electron chi connectivity index (χ4n) is 2.01. The van der Waals surface area contributed by atoms with Crippen molar-refractivity contribution in [2.45, 2.75) is 13.3 Å². The van der Waals surface area contributed by atoms with Gasteiger partial charge in [-0.15, -0.1) is 0 Å². The maximum absolute atomic E-state index is 5.72. The van der Waals surface area contributed by atoms with Crippen LogP contribution in [0.2, 0.25) is 5.02 Å². The number of nitrogens with zero attached hydrogens (tertiary/aromatic N) is 3. The summed E-state index contributed by atoms with van der Waals surface area (Å²) in [5, 5.41) is 3.82. The van der Waals surface area contributed by atoms with Crippen molar-refractivity contribution in [3.63, 3.8) is 0 Å². The highest BCUT2D eigenvalue weighted by atomic mass is 35.5. The number of likely N-dealkylation sites (tertiary alicyclic amines) is 1. The van der Waals surface area contributed by atoms with Gasteiger partial charge in [0.2, 0.25) is 5.95 Å². The van der Waals surface area contributed by atoms with Crippen molar-refractivity contribution >= 4 is 17.5 Å². The molecule has 1 aliphatic rings. The zero-order valence-corrected chi connectivity index (χ0v) is 10.2. The molecule has 0 spiro atoms. The second-order valence-electron chi connectivity index (χ2n) is 4.15. The molecule has 1 unspecified atom stereocenters. The molecule has 1 saturated heterocycles. The molecule has 0 aliphatic carbocycles. The summed E-state index contributed by atoms with van der Waals surface area (Å²) in [4.78, 5) is 10.7. The lowest BCUT2D eigenvalue weighted by atomic mass is 10.1. The topological polar surface area (TPSA) is 41.0 Å². The van der Waals surface area contributed by atoms with E-state index >= 15 is 0 Å². The number of hydrogen-bond acceptors (Lipinski definition) is 4. The Kier molecular flexibility index (Phi) is 3.96. The van der Waals surface area contributed by atoms with Crippen LogP contribution in [-0.2, 0) is 0 Å². The van der Waals surface area contributed by atoms with Crippen molar-refractivity contribution in [3.05, 3.63) is 17.4 Å². The van der Waals surface area contributed by atoms with E-state index in [4.69, 9.17) is 11.6 Å². The standard InChI is InChI=1S/C11H17ClN4/c1-2-16-4-3-9(8-16)5-13-11-14-6-10(12)7-15-11/h6-7,9H,2-5,8H2,1H3,(H,13,14,15). The summed E-state index contributed by atoms with van der Waals surface area (Å²) in [5.74, 6) is 1.37. The Morgan fingerprint density at radius 1 is 1.50 bits per heavy atom. The lowest BCUT2D eigenvalue weighted by Crippen LogP contribution is -2.22. The molecule has 0 amide bonds. The van der Waals surface area contributed by atoms with Gasteiger partial charge in [0.1, 0.15) is 0 Å². The third-order valence-electron chi connectivity index (χ3n) is 2.99. The van der Waals surface area contributed by atoms with Crippen molar-refractivity contribution in [3.8, 4) is 0 Å². The van der Waals surface area contributed by atoms with Crippen LogP contribution in [0.1, 0.15) is 13.3 Å². The number of hydrogen-bond donors (Lipinski definition) is 1. The quantitative estimate of drug-likeness (QED) is 0.873. The van der Waals surface area contributed by atoms with Crippen LogP contribution in [-0.4, -0.2) is 41.0 Å². The molecular formula is C11H17ClN4. The average Bonchev–Trinajstić information content (AvgIpc) is 2.76. The van der Waals surface area contributed by atoms with Crippen LogP contribution in [0.25, 0.3) is 0 Å². The molecule has 0 radical (unpaired) electrons. The van der Waals surface area contributed by atoms with Crippen LogP contribution in [0, 0.1) is 5.92 Å². The predicted molar refractivity (Wildman–Crippen MR) is 65.8 cm³/mol. The first kappa shape index (κ1) is 11.6. The monoisotopic (exact) mass is 240 g/mol. The third kappa shape index (κ3) is 3.06. The molecule has 1 aliphatic heterocycles. The fourth-order valence-corrected chi connectivity index (χ4v) is 2.10. The summed E-state index contributed by atoms with van der Waals surface area (Å²) in [7, 11) is 0. The molecule has 0 saturated carbocycles. The van der Waals surface area contributed by atoms with Gasteiger partial charge in [-0.2, -0.15) is 0 Å². The molecule has 16 heavy (non-hydrogen) atoms. The summed E-state index contributed by atoms with van der Waals surface area (Å²) < 4.78 is 0. The van der Waals surface area contributed by atoms with E-state index < -0.39 is 0 Å². The van der Waals surface area contributed by atoms with Crippen molar-refractivity contribution in [2.24, 2.45) is 5.92 Å². The van der Waals surface area contributed by atoms with Gasteiger partial charge in [-0.1, -0.05) is 18.5 Å². The predicted octanol–water partition coefficient (Wildman–Crippen LogP) is 1.88. The minimum absolute atomic E-state index is 0.573. The normalized spacial score (nSPS) is 21.2. The highest BCUT2D eigenvalue weighted by Gasteiger charge is 2.20. The van der Waals surface area contributed by atoms with Gasteiger partial charge in [0, 0.05) is 13.1 Å². The second kappa shape index (κ2) is 5.46. The molecule has 1 fully saturated rings. The van der Waals surface area contributed by atoms with E-state index in [1.807, 2.05) is 0 Å². The van der Waals surface area contributed by atoms with E-state index in [0.717, 1.165) is 13.1 Å². The van der Waals surface area contributed by atoms with E-state index in [1.165, 1.54) is 19.5 Å². The lowest BCUT2D eigenvalue weighted by Gasteiger charge is -2.13. The summed E-state index contributed by atoms with van der Waals surface area (Å²) in [6, 6.07) is 0.